The second kappa shape index (κ2) is 5.82. The summed E-state index contributed by atoms with van der Waals surface area (Å²) >= 11 is 0. The van der Waals surface area contributed by atoms with E-state index in [9.17, 15) is 13.2 Å². The van der Waals surface area contributed by atoms with Crippen LogP contribution in [0, 0.1) is 5.92 Å². The lowest BCUT2D eigenvalue weighted by atomic mass is 10.0. The molecule has 17 heavy (non-hydrogen) atoms. The molecule has 0 aliphatic carbocycles. The normalized spacial score (nSPS) is 22.4. The van der Waals surface area contributed by atoms with Gasteiger partial charge < -0.3 is 11.1 Å². The van der Waals surface area contributed by atoms with Crippen LogP contribution in [0.3, 0.4) is 0 Å². The Kier molecular flexibility index (Phi) is 4.94. The van der Waals surface area contributed by atoms with Gasteiger partial charge >= 0.3 is 0 Å². The van der Waals surface area contributed by atoms with Gasteiger partial charge in [-0.2, -0.15) is 0 Å². The van der Waals surface area contributed by atoms with Gasteiger partial charge in [-0.05, 0) is 18.8 Å². The van der Waals surface area contributed by atoms with E-state index in [2.05, 4.69) is 5.32 Å². The number of nitrogens with two attached hydrogens (primary N) is 1. The molecule has 1 saturated heterocycles. The minimum Gasteiger partial charge on any atom is -0.353 e. The molecule has 5 nitrogen and oxygen atoms in total. The number of sulfone groups is 1. The van der Waals surface area contributed by atoms with Gasteiger partial charge in [0.05, 0.1) is 11.5 Å². The molecule has 1 unspecified atom stereocenters. The Morgan fingerprint density at radius 1 is 1.35 bits per heavy atom. The highest BCUT2D eigenvalue weighted by Gasteiger charge is 2.25. The second-order valence-electron chi connectivity index (χ2n) is 5.11. The molecular weight excluding hydrogens is 240 g/mol. The van der Waals surface area contributed by atoms with Crippen molar-refractivity contribution in [3.05, 3.63) is 0 Å². The van der Waals surface area contributed by atoms with Crippen LogP contribution in [-0.4, -0.2) is 37.9 Å². The number of carbonyl (C=O) groups is 1. The lowest BCUT2D eigenvalue weighted by Gasteiger charge is -2.24. The number of rotatable bonds is 4. The van der Waals surface area contributed by atoms with Crippen molar-refractivity contribution in [3.8, 4) is 0 Å². The summed E-state index contributed by atoms with van der Waals surface area (Å²) in [7, 11) is -2.86. The lowest BCUT2D eigenvalue weighted by Crippen LogP contribution is -2.43. The molecule has 3 N–H and O–H groups in total. The molecule has 1 amide bonds. The van der Waals surface area contributed by atoms with E-state index in [1.165, 1.54) is 0 Å². The van der Waals surface area contributed by atoms with Gasteiger partial charge in [0.1, 0.15) is 9.84 Å². The molecule has 1 aliphatic heterocycles. The fraction of sp³-hybridized carbons (Fsp3) is 0.909. The minimum absolute atomic E-state index is 0.00890. The Morgan fingerprint density at radius 2 is 1.88 bits per heavy atom. The van der Waals surface area contributed by atoms with Crippen molar-refractivity contribution < 1.29 is 13.2 Å². The number of carbonyl (C=O) groups excluding carboxylic acids is 1. The summed E-state index contributed by atoms with van der Waals surface area (Å²) in [6.07, 6.45) is 1.34. The Labute approximate surface area is 103 Å². The van der Waals surface area contributed by atoms with Crippen molar-refractivity contribution >= 4 is 15.7 Å². The fourth-order valence-electron chi connectivity index (χ4n) is 1.77. The van der Waals surface area contributed by atoms with E-state index < -0.39 is 9.84 Å². The Hall–Kier alpha value is -0.620. The molecule has 0 spiro atoms. The summed E-state index contributed by atoms with van der Waals surface area (Å²) in [6, 6.07) is -0.146. The van der Waals surface area contributed by atoms with Gasteiger partial charge in [-0.25, -0.2) is 8.42 Å². The van der Waals surface area contributed by atoms with Crippen molar-refractivity contribution in [2.75, 3.05) is 11.5 Å². The molecule has 1 aliphatic rings. The summed E-state index contributed by atoms with van der Waals surface area (Å²) in [5.41, 5.74) is 5.81. The predicted octanol–water partition coefficient (Wildman–Crippen LogP) is 0.0532. The topological polar surface area (TPSA) is 89.3 Å². The molecular formula is C11H22N2O3S. The maximum absolute atomic E-state index is 11.6. The summed E-state index contributed by atoms with van der Waals surface area (Å²) in [6.45, 7) is 3.95. The average Bonchev–Trinajstić information content (AvgIpc) is 2.21. The third kappa shape index (κ3) is 5.04. The SMILES string of the molecule is CC(C)C(N)CC(=O)NC1CCS(=O)(=O)CC1. The molecule has 1 rings (SSSR count). The zero-order valence-corrected chi connectivity index (χ0v) is 11.3. The van der Waals surface area contributed by atoms with Gasteiger partial charge in [0.15, 0.2) is 0 Å². The number of amides is 1. The van der Waals surface area contributed by atoms with Gasteiger partial charge in [-0.1, -0.05) is 13.8 Å². The molecule has 0 saturated carbocycles. The Morgan fingerprint density at radius 3 is 2.35 bits per heavy atom. The first-order valence-electron chi connectivity index (χ1n) is 6.05. The largest absolute Gasteiger partial charge is 0.353 e. The number of hydrogen-bond acceptors (Lipinski definition) is 4. The summed E-state index contributed by atoms with van der Waals surface area (Å²) < 4.78 is 22.4. The Balaban J connectivity index is 2.33. The maximum Gasteiger partial charge on any atom is 0.221 e. The van der Waals surface area contributed by atoms with Crippen molar-refractivity contribution in [1.29, 1.82) is 0 Å². The molecule has 0 aromatic rings. The first-order valence-corrected chi connectivity index (χ1v) is 7.87. The molecule has 1 atom stereocenters. The van der Waals surface area contributed by atoms with Gasteiger partial charge in [0.25, 0.3) is 0 Å². The summed E-state index contributed by atoms with van der Waals surface area (Å²) in [5, 5.41) is 2.86. The van der Waals surface area contributed by atoms with E-state index in [1.807, 2.05) is 13.8 Å². The van der Waals surface area contributed by atoms with Crippen LogP contribution in [0.5, 0.6) is 0 Å². The number of hydrogen-bond donors (Lipinski definition) is 2. The molecule has 0 aromatic heterocycles. The molecule has 1 heterocycles. The van der Waals surface area contributed by atoms with Crippen LogP contribution in [-0.2, 0) is 14.6 Å². The van der Waals surface area contributed by atoms with Crippen LogP contribution >= 0.6 is 0 Å². The van der Waals surface area contributed by atoms with E-state index in [4.69, 9.17) is 5.73 Å². The second-order valence-corrected chi connectivity index (χ2v) is 7.41. The first-order chi connectivity index (χ1) is 7.80. The molecule has 100 valence electrons. The maximum atomic E-state index is 11.6. The van der Waals surface area contributed by atoms with Crippen LogP contribution in [0.1, 0.15) is 33.1 Å². The van der Waals surface area contributed by atoms with Crippen molar-refractivity contribution in [1.82, 2.24) is 5.32 Å². The molecule has 0 bridgehead atoms. The van der Waals surface area contributed by atoms with Crippen molar-refractivity contribution in [2.45, 2.75) is 45.2 Å². The van der Waals surface area contributed by atoms with Crippen LogP contribution in [0.15, 0.2) is 0 Å². The van der Waals surface area contributed by atoms with Gasteiger partial charge in [-0.3, -0.25) is 4.79 Å². The first kappa shape index (κ1) is 14.4. The summed E-state index contributed by atoms with van der Waals surface area (Å²) in [5.74, 6) is 0.547. The van der Waals surface area contributed by atoms with E-state index in [-0.39, 0.29) is 35.4 Å². The van der Waals surface area contributed by atoms with E-state index in [0.717, 1.165) is 0 Å². The fourth-order valence-corrected chi connectivity index (χ4v) is 3.26. The third-order valence-corrected chi connectivity index (χ3v) is 4.91. The zero-order chi connectivity index (χ0) is 13.1. The number of nitrogens with one attached hydrogen (secondary N) is 1. The van der Waals surface area contributed by atoms with E-state index in [1.54, 1.807) is 0 Å². The monoisotopic (exact) mass is 262 g/mol. The molecule has 1 fully saturated rings. The highest BCUT2D eigenvalue weighted by Crippen LogP contribution is 2.12. The zero-order valence-electron chi connectivity index (χ0n) is 10.5. The molecule has 6 heteroatoms. The quantitative estimate of drug-likeness (QED) is 0.749. The lowest BCUT2D eigenvalue weighted by molar-refractivity contribution is -0.122. The minimum atomic E-state index is -2.86. The third-order valence-electron chi connectivity index (χ3n) is 3.20. The van der Waals surface area contributed by atoms with Crippen LogP contribution in [0.25, 0.3) is 0 Å². The van der Waals surface area contributed by atoms with Crippen molar-refractivity contribution in [2.24, 2.45) is 11.7 Å². The van der Waals surface area contributed by atoms with Crippen molar-refractivity contribution in [3.63, 3.8) is 0 Å². The summed E-state index contributed by atoms with van der Waals surface area (Å²) in [4.78, 5) is 11.6. The molecule has 0 aromatic carbocycles. The van der Waals surface area contributed by atoms with Gasteiger partial charge in [0.2, 0.25) is 5.91 Å². The van der Waals surface area contributed by atoms with E-state index in [0.29, 0.717) is 19.3 Å². The average molecular weight is 262 g/mol. The van der Waals surface area contributed by atoms with Crippen LogP contribution < -0.4 is 11.1 Å². The molecule has 0 radical (unpaired) electrons. The highest BCUT2D eigenvalue weighted by molar-refractivity contribution is 7.91. The smallest absolute Gasteiger partial charge is 0.221 e. The van der Waals surface area contributed by atoms with Gasteiger partial charge in [-0.15, -0.1) is 0 Å². The highest BCUT2D eigenvalue weighted by atomic mass is 32.2. The standard InChI is InChI=1S/C11H22N2O3S/c1-8(2)10(12)7-11(14)13-9-3-5-17(15,16)6-4-9/h8-10H,3-7,12H2,1-2H3,(H,13,14). The van der Waals surface area contributed by atoms with Gasteiger partial charge in [0, 0.05) is 18.5 Å². The van der Waals surface area contributed by atoms with Crippen LogP contribution in [0.4, 0.5) is 0 Å². The predicted molar refractivity (Wildman–Crippen MR) is 67.2 cm³/mol. The van der Waals surface area contributed by atoms with Crippen LogP contribution in [0.2, 0.25) is 0 Å². The van der Waals surface area contributed by atoms with E-state index >= 15 is 0 Å². The Bertz CT molecular complexity index is 351.